The normalized spacial score (nSPS) is 12.8. The molecule has 0 fully saturated rings. The molecule has 2 amide bonds. The van der Waals surface area contributed by atoms with E-state index in [0.717, 1.165) is 0 Å². The lowest BCUT2D eigenvalue weighted by molar-refractivity contribution is -0.142. The van der Waals surface area contributed by atoms with Gasteiger partial charge in [-0.15, -0.1) is 0 Å². The maximum absolute atomic E-state index is 12.9. The van der Waals surface area contributed by atoms with Crippen LogP contribution < -0.4 is 20.3 Å². The molecule has 0 aromatic heterocycles. The molecule has 2 aromatic rings. The number of nitrogens with one attached hydrogen (secondary N) is 2. The number of carbonyl (C=O) groups excluding carboxylic acids is 3. The van der Waals surface area contributed by atoms with Gasteiger partial charge in [-0.1, -0.05) is 24.3 Å². The predicted molar refractivity (Wildman–Crippen MR) is 118 cm³/mol. The van der Waals surface area contributed by atoms with Gasteiger partial charge in [0.25, 0.3) is 5.91 Å². The van der Waals surface area contributed by atoms with Crippen LogP contribution in [0, 0.1) is 0 Å². The molecule has 2 aromatic carbocycles. The van der Waals surface area contributed by atoms with Crippen molar-refractivity contribution in [2.75, 3.05) is 35.3 Å². The molecule has 162 valence electrons. The van der Waals surface area contributed by atoms with E-state index >= 15 is 0 Å². The smallest absolute Gasteiger partial charge is 0.311 e. The summed E-state index contributed by atoms with van der Waals surface area (Å²) in [5.74, 6) is -0.674. The minimum atomic E-state index is -0.440. The second kappa shape index (κ2) is 10.3. The molecular weight excluding hydrogens is 398 g/mol. The minimum Gasteiger partial charge on any atom is -0.492 e. The second-order valence-corrected chi connectivity index (χ2v) is 6.70. The Bertz CT molecular complexity index is 1000. The van der Waals surface area contributed by atoms with Crippen molar-refractivity contribution in [1.82, 2.24) is 0 Å². The van der Waals surface area contributed by atoms with Crippen LogP contribution in [0.25, 0.3) is 0 Å². The van der Waals surface area contributed by atoms with Crippen LogP contribution in [0.3, 0.4) is 0 Å². The van der Waals surface area contributed by atoms with Gasteiger partial charge in [0.2, 0.25) is 5.91 Å². The van der Waals surface area contributed by atoms with Gasteiger partial charge in [0.1, 0.15) is 12.3 Å². The van der Waals surface area contributed by atoms with E-state index in [-0.39, 0.29) is 25.5 Å². The maximum atomic E-state index is 12.9. The molecule has 2 N–H and O–H groups in total. The molecule has 8 nitrogen and oxygen atoms in total. The molecule has 1 heterocycles. The molecule has 0 aliphatic carbocycles. The first-order chi connectivity index (χ1) is 15.0. The number of anilines is 3. The van der Waals surface area contributed by atoms with Gasteiger partial charge in [0.05, 0.1) is 36.7 Å². The number of amides is 2. The molecule has 1 aliphatic heterocycles. The zero-order chi connectivity index (χ0) is 22.2. The number of fused-ring (bicyclic) bond motifs is 1. The van der Waals surface area contributed by atoms with Crippen LogP contribution in [0.5, 0.6) is 5.75 Å². The van der Waals surface area contributed by atoms with E-state index < -0.39 is 11.9 Å². The number of carbonyl (C=O) groups is 3. The Hall–Kier alpha value is -3.81. The molecule has 0 saturated heterocycles. The highest BCUT2D eigenvalue weighted by atomic mass is 16.5. The third-order valence-electron chi connectivity index (χ3n) is 4.46. The van der Waals surface area contributed by atoms with Crippen LogP contribution in [-0.4, -0.2) is 37.5 Å². The molecule has 0 saturated carbocycles. The van der Waals surface area contributed by atoms with Crippen LogP contribution in [-0.2, 0) is 19.1 Å². The Balaban J connectivity index is 1.81. The number of hydrogen-bond donors (Lipinski definition) is 2. The van der Waals surface area contributed by atoms with Gasteiger partial charge in [0, 0.05) is 11.8 Å². The predicted octanol–water partition coefficient (Wildman–Crippen LogP) is 3.32. The highest BCUT2D eigenvalue weighted by Crippen LogP contribution is 2.31. The fourth-order valence-electron chi connectivity index (χ4n) is 3.18. The van der Waals surface area contributed by atoms with Crippen molar-refractivity contribution in [3.63, 3.8) is 0 Å². The van der Waals surface area contributed by atoms with Gasteiger partial charge in [-0.3, -0.25) is 19.3 Å². The van der Waals surface area contributed by atoms with Crippen molar-refractivity contribution < 1.29 is 23.9 Å². The van der Waals surface area contributed by atoms with Crippen LogP contribution in [0.15, 0.2) is 60.3 Å². The molecule has 0 spiro atoms. The van der Waals surface area contributed by atoms with E-state index in [0.29, 0.717) is 35.1 Å². The largest absolute Gasteiger partial charge is 0.492 e. The molecular formula is C23H25N3O5. The van der Waals surface area contributed by atoms with Crippen molar-refractivity contribution in [3.05, 3.63) is 60.3 Å². The van der Waals surface area contributed by atoms with Crippen LogP contribution in [0.2, 0.25) is 0 Å². The van der Waals surface area contributed by atoms with E-state index in [9.17, 15) is 14.4 Å². The van der Waals surface area contributed by atoms with Crippen molar-refractivity contribution >= 4 is 34.8 Å². The zero-order valence-corrected chi connectivity index (χ0v) is 17.5. The topological polar surface area (TPSA) is 97.0 Å². The van der Waals surface area contributed by atoms with E-state index in [4.69, 9.17) is 9.47 Å². The maximum Gasteiger partial charge on any atom is 0.311 e. The summed E-state index contributed by atoms with van der Waals surface area (Å²) in [5.41, 5.74) is 2.09. The summed E-state index contributed by atoms with van der Waals surface area (Å²) >= 11 is 0. The van der Waals surface area contributed by atoms with E-state index in [1.165, 1.54) is 11.0 Å². The molecule has 0 radical (unpaired) electrons. The molecule has 0 unspecified atom stereocenters. The lowest BCUT2D eigenvalue weighted by Gasteiger charge is -2.22. The summed E-state index contributed by atoms with van der Waals surface area (Å²) in [6, 6.07) is 14.2. The summed E-state index contributed by atoms with van der Waals surface area (Å²) in [6.45, 7) is 4.09. The highest BCUT2D eigenvalue weighted by molar-refractivity contribution is 6.10. The Morgan fingerprint density at radius 2 is 1.77 bits per heavy atom. The van der Waals surface area contributed by atoms with Gasteiger partial charge in [-0.2, -0.15) is 0 Å². The SMILES string of the molecule is CCOC(=O)CC1=CC(=O)N(CC(=O)Nc2ccccc2OCC)c2ccccc2N1. The number of benzene rings is 2. The Labute approximate surface area is 180 Å². The average molecular weight is 423 g/mol. The number of para-hydroxylation sites is 4. The Morgan fingerprint density at radius 3 is 2.55 bits per heavy atom. The van der Waals surface area contributed by atoms with Crippen molar-refractivity contribution in [1.29, 1.82) is 0 Å². The molecule has 3 rings (SSSR count). The third kappa shape index (κ3) is 5.63. The summed E-state index contributed by atoms with van der Waals surface area (Å²) in [6.07, 6.45) is 1.24. The lowest BCUT2D eigenvalue weighted by atomic mass is 10.2. The summed E-state index contributed by atoms with van der Waals surface area (Å²) in [7, 11) is 0. The third-order valence-corrected chi connectivity index (χ3v) is 4.46. The van der Waals surface area contributed by atoms with Crippen LogP contribution in [0.1, 0.15) is 20.3 Å². The highest BCUT2D eigenvalue weighted by Gasteiger charge is 2.25. The second-order valence-electron chi connectivity index (χ2n) is 6.70. The van der Waals surface area contributed by atoms with Crippen molar-refractivity contribution in [3.8, 4) is 5.75 Å². The van der Waals surface area contributed by atoms with Gasteiger partial charge in [0.15, 0.2) is 0 Å². The van der Waals surface area contributed by atoms with Gasteiger partial charge >= 0.3 is 5.97 Å². The minimum absolute atomic E-state index is 0.0737. The number of hydrogen-bond acceptors (Lipinski definition) is 6. The first-order valence-corrected chi connectivity index (χ1v) is 10.1. The number of rotatable bonds is 8. The van der Waals surface area contributed by atoms with Crippen LogP contribution >= 0.6 is 0 Å². The Kier molecular flexibility index (Phi) is 7.26. The summed E-state index contributed by atoms with van der Waals surface area (Å²) in [4.78, 5) is 39.0. The van der Waals surface area contributed by atoms with E-state index in [1.54, 1.807) is 49.4 Å². The monoisotopic (exact) mass is 423 g/mol. The summed E-state index contributed by atoms with van der Waals surface area (Å²) < 4.78 is 10.5. The van der Waals surface area contributed by atoms with Gasteiger partial charge < -0.3 is 20.1 Å². The quantitative estimate of drug-likeness (QED) is 0.633. The van der Waals surface area contributed by atoms with Crippen LogP contribution in [0.4, 0.5) is 17.1 Å². The van der Waals surface area contributed by atoms with E-state index in [1.807, 2.05) is 13.0 Å². The average Bonchev–Trinajstić information content (AvgIpc) is 2.86. The molecule has 8 heteroatoms. The fourth-order valence-corrected chi connectivity index (χ4v) is 3.18. The van der Waals surface area contributed by atoms with E-state index in [2.05, 4.69) is 10.6 Å². The molecule has 1 aliphatic rings. The summed E-state index contributed by atoms with van der Waals surface area (Å²) in [5, 5.41) is 5.91. The fraction of sp³-hybridized carbons (Fsp3) is 0.261. The van der Waals surface area contributed by atoms with Crippen molar-refractivity contribution in [2.24, 2.45) is 0 Å². The molecule has 31 heavy (non-hydrogen) atoms. The molecule has 0 atom stereocenters. The first-order valence-electron chi connectivity index (χ1n) is 10.1. The Morgan fingerprint density at radius 1 is 1.03 bits per heavy atom. The molecule has 0 bridgehead atoms. The number of esters is 1. The number of ether oxygens (including phenoxy) is 2. The number of nitrogens with zero attached hydrogens (tertiary/aromatic N) is 1. The van der Waals surface area contributed by atoms with Crippen molar-refractivity contribution in [2.45, 2.75) is 20.3 Å². The standard InChI is InChI=1S/C23H25N3O5/c1-3-30-20-12-8-6-10-18(20)25-21(27)15-26-19-11-7-5-9-17(19)24-16(13-22(26)28)14-23(29)31-4-2/h5-13,24H,3-4,14-15H2,1-2H3,(H,25,27). The van der Waals surface area contributed by atoms with Gasteiger partial charge in [-0.05, 0) is 38.1 Å². The lowest BCUT2D eigenvalue weighted by Crippen LogP contribution is -2.37. The zero-order valence-electron chi connectivity index (χ0n) is 17.5. The van der Waals surface area contributed by atoms with Gasteiger partial charge in [-0.25, -0.2) is 0 Å². The first kappa shape index (κ1) is 21.9.